The minimum absolute atomic E-state index is 0.126. The van der Waals surface area contributed by atoms with Gasteiger partial charge >= 0.3 is 0 Å². The summed E-state index contributed by atoms with van der Waals surface area (Å²) < 4.78 is 27.8. The van der Waals surface area contributed by atoms with Crippen LogP contribution in [-0.4, -0.2) is 31.2 Å². The second kappa shape index (κ2) is 8.75. The van der Waals surface area contributed by atoms with Crippen molar-refractivity contribution in [3.63, 3.8) is 0 Å². The number of carbonyl (C=O) groups is 1. The summed E-state index contributed by atoms with van der Waals surface area (Å²) in [5.41, 5.74) is 1.05. The van der Waals surface area contributed by atoms with E-state index < -0.39 is 14.9 Å². The van der Waals surface area contributed by atoms with Gasteiger partial charge in [0.25, 0.3) is 21.6 Å². The standard InChI is InChI=1S/C21H19N3O5S/c1-23(15-16-7-3-2-4-8-16)21(25)19-9-5-6-10-20(19)22-30(28,29)18-13-11-17(12-14-18)24(26)27/h2-14,22H,15H2,1H3. The number of nitro benzene ring substituents is 1. The normalized spacial score (nSPS) is 11.0. The summed E-state index contributed by atoms with van der Waals surface area (Å²) in [6, 6.07) is 20.2. The molecule has 0 spiro atoms. The Morgan fingerprint density at radius 1 is 0.967 bits per heavy atom. The fourth-order valence-corrected chi connectivity index (χ4v) is 3.92. The van der Waals surface area contributed by atoms with Crippen LogP contribution in [0, 0.1) is 10.1 Å². The average molecular weight is 425 g/mol. The third-order valence-electron chi connectivity index (χ3n) is 4.37. The van der Waals surface area contributed by atoms with Gasteiger partial charge in [-0.05, 0) is 29.8 Å². The summed E-state index contributed by atoms with van der Waals surface area (Å²) in [5.74, 6) is -0.346. The van der Waals surface area contributed by atoms with Gasteiger partial charge in [-0.2, -0.15) is 0 Å². The highest BCUT2D eigenvalue weighted by Crippen LogP contribution is 2.23. The van der Waals surface area contributed by atoms with Crippen molar-refractivity contribution in [2.75, 3.05) is 11.8 Å². The third kappa shape index (κ3) is 4.81. The molecule has 3 aromatic carbocycles. The number of benzene rings is 3. The van der Waals surface area contributed by atoms with Crippen LogP contribution in [0.5, 0.6) is 0 Å². The van der Waals surface area contributed by atoms with Gasteiger partial charge in [-0.1, -0.05) is 42.5 Å². The van der Waals surface area contributed by atoms with E-state index in [9.17, 15) is 23.3 Å². The quantitative estimate of drug-likeness (QED) is 0.459. The lowest BCUT2D eigenvalue weighted by Crippen LogP contribution is -2.27. The SMILES string of the molecule is CN(Cc1ccccc1)C(=O)c1ccccc1NS(=O)(=O)c1ccc([N+](=O)[O-])cc1. The predicted molar refractivity (Wildman–Crippen MR) is 113 cm³/mol. The van der Waals surface area contributed by atoms with E-state index in [0.29, 0.717) is 6.54 Å². The van der Waals surface area contributed by atoms with E-state index >= 15 is 0 Å². The van der Waals surface area contributed by atoms with E-state index in [1.54, 1.807) is 19.2 Å². The monoisotopic (exact) mass is 425 g/mol. The first kappa shape index (κ1) is 21.0. The zero-order valence-corrected chi connectivity index (χ0v) is 16.9. The first-order valence-corrected chi connectivity index (χ1v) is 10.4. The van der Waals surface area contributed by atoms with Gasteiger partial charge in [0.05, 0.1) is 21.1 Å². The van der Waals surface area contributed by atoms with Gasteiger partial charge in [0.2, 0.25) is 0 Å². The number of nitro groups is 1. The summed E-state index contributed by atoms with van der Waals surface area (Å²) >= 11 is 0. The molecular formula is C21H19N3O5S. The minimum Gasteiger partial charge on any atom is -0.337 e. The van der Waals surface area contributed by atoms with Crippen molar-refractivity contribution in [3.8, 4) is 0 Å². The van der Waals surface area contributed by atoms with Crippen LogP contribution in [-0.2, 0) is 16.6 Å². The number of rotatable bonds is 7. The number of amides is 1. The summed E-state index contributed by atoms with van der Waals surface area (Å²) in [6.45, 7) is 0.364. The number of carbonyl (C=O) groups excluding carboxylic acids is 1. The summed E-state index contributed by atoms with van der Waals surface area (Å²) in [6.07, 6.45) is 0. The van der Waals surface area contributed by atoms with Crippen LogP contribution in [0.3, 0.4) is 0 Å². The third-order valence-corrected chi connectivity index (χ3v) is 5.75. The number of nitrogens with zero attached hydrogens (tertiary/aromatic N) is 2. The maximum absolute atomic E-state index is 12.9. The molecule has 1 amide bonds. The molecule has 8 nitrogen and oxygen atoms in total. The van der Waals surface area contributed by atoms with Crippen molar-refractivity contribution in [1.29, 1.82) is 0 Å². The Bertz CT molecular complexity index is 1160. The van der Waals surface area contributed by atoms with Gasteiger partial charge in [0.1, 0.15) is 0 Å². The van der Waals surface area contributed by atoms with Crippen molar-refractivity contribution in [3.05, 3.63) is 100 Å². The molecule has 0 fully saturated rings. The number of non-ortho nitro benzene ring substituents is 1. The number of para-hydroxylation sites is 1. The molecule has 3 aromatic rings. The van der Waals surface area contributed by atoms with Crippen LogP contribution in [0.25, 0.3) is 0 Å². The molecule has 0 bridgehead atoms. The molecule has 0 radical (unpaired) electrons. The number of hydrogen-bond acceptors (Lipinski definition) is 5. The largest absolute Gasteiger partial charge is 0.337 e. The molecule has 9 heteroatoms. The average Bonchev–Trinajstić information content (AvgIpc) is 2.74. The Balaban J connectivity index is 1.83. The second-order valence-electron chi connectivity index (χ2n) is 6.55. The van der Waals surface area contributed by atoms with Gasteiger partial charge in [-0.15, -0.1) is 0 Å². The Morgan fingerprint density at radius 3 is 2.20 bits per heavy atom. The minimum atomic E-state index is -4.04. The molecular weight excluding hydrogens is 406 g/mol. The summed E-state index contributed by atoms with van der Waals surface area (Å²) in [7, 11) is -2.40. The van der Waals surface area contributed by atoms with Crippen LogP contribution in [0.15, 0.2) is 83.8 Å². The van der Waals surface area contributed by atoms with Crippen molar-refractivity contribution < 1.29 is 18.1 Å². The number of sulfonamides is 1. The fourth-order valence-electron chi connectivity index (χ4n) is 2.84. The van der Waals surface area contributed by atoms with Crippen molar-refractivity contribution in [2.24, 2.45) is 0 Å². The molecule has 1 N–H and O–H groups in total. The van der Waals surface area contributed by atoms with Gasteiger partial charge in [-0.25, -0.2) is 8.42 Å². The predicted octanol–water partition coefficient (Wildman–Crippen LogP) is 3.67. The Hall–Kier alpha value is -3.72. The molecule has 154 valence electrons. The van der Waals surface area contributed by atoms with Gasteiger partial charge in [0, 0.05) is 25.7 Å². The van der Waals surface area contributed by atoms with Crippen molar-refractivity contribution in [1.82, 2.24) is 4.90 Å². The van der Waals surface area contributed by atoms with E-state index in [1.807, 2.05) is 30.3 Å². The van der Waals surface area contributed by atoms with Crippen LogP contribution in [0.1, 0.15) is 15.9 Å². The molecule has 0 aliphatic carbocycles. The number of anilines is 1. The van der Waals surface area contributed by atoms with Crippen LogP contribution < -0.4 is 4.72 Å². The fraction of sp³-hybridized carbons (Fsp3) is 0.0952. The maximum atomic E-state index is 12.9. The highest BCUT2D eigenvalue weighted by Gasteiger charge is 2.21. The van der Waals surface area contributed by atoms with Gasteiger partial charge in [-0.3, -0.25) is 19.6 Å². The van der Waals surface area contributed by atoms with Crippen molar-refractivity contribution >= 4 is 27.3 Å². The van der Waals surface area contributed by atoms with E-state index in [1.165, 1.54) is 17.0 Å². The van der Waals surface area contributed by atoms with E-state index in [-0.39, 0.29) is 27.7 Å². The Labute approximate surface area is 174 Å². The summed E-state index contributed by atoms with van der Waals surface area (Å²) in [5, 5.41) is 10.8. The topological polar surface area (TPSA) is 110 Å². The molecule has 0 aliphatic heterocycles. The first-order valence-electron chi connectivity index (χ1n) is 8.93. The lowest BCUT2D eigenvalue weighted by atomic mass is 10.1. The van der Waals surface area contributed by atoms with E-state index in [4.69, 9.17) is 0 Å². The number of hydrogen-bond donors (Lipinski definition) is 1. The van der Waals surface area contributed by atoms with Crippen LogP contribution in [0.2, 0.25) is 0 Å². The zero-order chi connectivity index (χ0) is 21.7. The molecule has 0 aliphatic rings. The number of nitrogens with one attached hydrogen (secondary N) is 1. The molecule has 3 rings (SSSR count). The van der Waals surface area contributed by atoms with E-state index in [0.717, 1.165) is 29.8 Å². The molecule has 0 heterocycles. The highest BCUT2D eigenvalue weighted by atomic mass is 32.2. The summed E-state index contributed by atoms with van der Waals surface area (Å²) in [4.78, 5) is 24.4. The highest BCUT2D eigenvalue weighted by molar-refractivity contribution is 7.92. The second-order valence-corrected chi connectivity index (χ2v) is 8.23. The van der Waals surface area contributed by atoms with Crippen LogP contribution >= 0.6 is 0 Å². The maximum Gasteiger partial charge on any atom is 0.269 e. The lowest BCUT2D eigenvalue weighted by molar-refractivity contribution is -0.384. The zero-order valence-electron chi connectivity index (χ0n) is 16.1. The van der Waals surface area contributed by atoms with Gasteiger partial charge < -0.3 is 4.90 Å². The molecule has 0 saturated heterocycles. The Morgan fingerprint density at radius 2 is 1.57 bits per heavy atom. The van der Waals surface area contributed by atoms with E-state index in [2.05, 4.69) is 4.72 Å². The van der Waals surface area contributed by atoms with Gasteiger partial charge in [0.15, 0.2) is 0 Å². The smallest absolute Gasteiger partial charge is 0.269 e. The first-order chi connectivity index (χ1) is 14.3. The molecule has 0 saturated carbocycles. The molecule has 0 unspecified atom stereocenters. The lowest BCUT2D eigenvalue weighted by Gasteiger charge is -2.19. The Kier molecular flexibility index (Phi) is 6.12. The molecule has 0 aromatic heterocycles. The van der Waals surface area contributed by atoms with Crippen molar-refractivity contribution in [2.45, 2.75) is 11.4 Å². The molecule has 30 heavy (non-hydrogen) atoms. The van der Waals surface area contributed by atoms with Crippen LogP contribution in [0.4, 0.5) is 11.4 Å². The molecule has 0 atom stereocenters.